The summed E-state index contributed by atoms with van der Waals surface area (Å²) in [4.78, 5) is 4.66. The van der Waals surface area contributed by atoms with Gasteiger partial charge in [0.05, 0.1) is 20.8 Å². The lowest BCUT2D eigenvalue weighted by Crippen LogP contribution is -2.24. The average Bonchev–Trinajstić information content (AvgIpc) is 3.56. The number of aromatic amines is 1. The van der Waals surface area contributed by atoms with E-state index in [0.29, 0.717) is 38.0 Å². The van der Waals surface area contributed by atoms with Gasteiger partial charge in [-0.3, -0.25) is 4.57 Å². The van der Waals surface area contributed by atoms with E-state index >= 15 is 0 Å². The van der Waals surface area contributed by atoms with Gasteiger partial charge in [0.1, 0.15) is 18.2 Å². The highest BCUT2D eigenvalue weighted by molar-refractivity contribution is 6.42. The van der Waals surface area contributed by atoms with Crippen molar-refractivity contribution in [3.8, 4) is 22.8 Å². The van der Waals surface area contributed by atoms with Gasteiger partial charge in [0.2, 0.25) is 5.82 Å². The molecule has 188 valence electrons. The van der Waals surface area contributed by atoms with Crippen LogP contribution in [0.5, 0.6) is 5.75 Å². The maximum atomic E-state index is 13.8. The molecule has 0 aliphatic carbocycles. The van der Waals surface area contributed by atoms with Crippen molar-refractivity contribution in [3.05, 3.63) is 105 Å². The second kappa shape index (κ2) is 10.1. The Bertz CT molecular complexity index is 1550. The largest absolute Gasteiger partial charge is 0.484 e. The van der Waals surface area contributed by atoms with Crippen molar-refractivity contribution < 1.29 is 9.13 Å². The second-order valence-corrected chi connectivity index (χ2v) is 10.0. The molecular formula is C26H20Cl3FN6O. The van der Waals surface area contributed by atoms with Crippen LogP contribution >= 0.6 is 34.8 Å². The highest BCUT2D eigenvalue weighted by atomic mass is 35.5. The molecule has 3 aromatic carbocycles. The Morgan fingerprint density at radius 1 is 0.946 bits per heavy atom. The quantitative estimate of drug-likeness (QED) is 0.232. The van der Waals surface area contributed by atoms with Gasteiger partial charge < -0.3 is 4.74 Å². The van der Waals surface area contributed by atoms with E-state index in [1.54, 1.807) is 42.6 Å². The summed E-state index contributed by atoms with van der Waals surface area (Å²) in [5.41, 5.74) is 2.70. The normalized spacial score (nSPS) is 11.6. The number of imidazole rings is 1. The summed E-state index contributed by atoms with van der Waals surface area (Å²) in [5.74, 6) is 1.16. The molecule has 2 heterocycles. The third-order valence-electron chi connectivity index (χ3n) is 6.09. The number of H-pyrrole nitrogens is 1. The maximum absolute atomic E-state index is 13.8. The predicted octanol–water partition coefficient (Wildman–Crippen LogP) is 7.06. The number of benzene rings is 3. The molecule has 37 heavy (non-hydrogen) atoms. The molecule has 0 saturated heterocycles. The average molecular weight is 558 g/mol. The molecule has 5 rings (SSSR count). The summed E-state index contributed by atoms with van der Waals surface area (Å²) in [7, 11) is 0. The molecule has 0 aliphatic heterocycles. The smallest absolute Gasteiger partial charge is 0.204 e. The van der Waals surface area contributed by atoms with Crippen molar-refractivity contribution in [1.82, 2.24) is 30.2 Å². The first-order valence-electron chi connectivity index (χ1n) is 11.2. The van der Waals surface area contributed by atoms with Gasteiger partial charge in [-0.05, 0) is 65.4 Å². The summed E-state index contributed by atoms with van der Waals surface area (Å²) in [5, 5.41) is 15.2. The standard InChI is InChI=1S/C26H20Cl3FN6O/c1-26(2,16-4-9-19(27)20(28)12-16)23-13-31-24(36(23)18-7-5-17(30)6-8-18)14-37-22-10-3-15(11-21(22)29)25-32-34-35-33-25/h3-13H,14H2,1-2H3,(H,32,33,34,35). The Morgan fingerprint density at radius 3 is 2.41 bits per heavy atom. The SMILES string of the molecule is CC(C)(c1ccc(Cl)c(Cl)c1)c1cnc(COc2ccc(-c3nn[nH]n3)cc2Cl)n1-c1ccc(F)cc1. The number of halogens is 4. The van der Waals surface area contributed by atoms with E-state index in [9.17, 15) is 4.39 Å². The van der Waals surface area contributed by atoms with Crippen molar-refractivity contribution in [2.24, 2.45) is 0 Å². The van der Waals surface area contributed by atoms with Crippen molar-refractivity contribution in [1.29, 1.82) is 0 Å². The van der Waals surface area contributed by atoms with Gasteiger partial charge in [-0.15, -0.1) is 10.2 Å². The van der Waals surface area contributed by atoms with E-state index < -0.39 is 5.41 Å². The van der Waals surface area contributed by atoms with Crippen LogP contribution in [0.25, 0.3) is 17.1 Å². The minimum atomic E-state index is -0.530. The van der Waals surface area contributed by atoms with Gasteiger partial charge in [0, 0.05) is 22.9 Å². The Labute approximate surface area is 227 Å². The number of nitrogens with one attached hydrogen (secondary N) is 1. The zero-order valence-corrected chi connectivity index (χ0v) is 22.0. The van der Waals surface area contributed by atoms with E-state index in [1.807, 2.05) is 16.7 Å². The lowest BCUT2D eigenvalue weighted by molar-refractivity contribution is 0.293. The second-order valence-electron chi connectivity index (χ2n) is 8.79. The first-order valence-corrected chi connectivity index (χ1v) is 12.3. The van der Waals surface area contributed by atoms with Gasteiger partial charge >= 0.3 is 0 Å². The van der Waals surface area contributed by atoms with Crippen LogP contribution in [0.1, 0.15) is 30.9 Å². The van der Waals surface area contributed by atoms with Gasteiger partial charge in [-0.25, -0.2) is 9.37 Å². The zero-order chi connectivity index (χ0) is 26.2. The number of ether oxygens (including phenoxy) is 1. The van der Waals surface area contributed by atoms with Crippen molar-refractivity contribution in [2.75, 3.05) is 0 Å². The Morgan fingerprint density at radius 2 is 1.73 bits per heavy atom. The van der Waals surface area contributed by atoms with Crippen LogP contribution in [-0.4, -0.2) is 30.2 Å². The number of aromatic nitrogens is 6. The molecule has 0 saturated carbocycles. The van der Waals surface area contributed by atoms with E-state index in [0.717, 1.165) is 16.9 Å². The monoisotopic (exact) mass is 556 g/mol. The molecule has 0 radical (unpaired) electrons. The summed E-state index contributed by atoms with van der Waals surface area (Å²) in [6.07, 6.45) is 1.78. The Balaban J connectivity index is 1.51. The van der Waals surface area contributed by atoms with E-state index in [1.165, 1.54) is 12.1 Å². The zero-order valence-electron chi connectivity index (χ0n) is 19.7. The first-order chi connectivity index (χ1) is 17.7. The van der Waals surface area contributed by atoms with Crippen molar-refractivity contribution in [3.63, 3.8) is 0 Å². The van der Waals surface area contributed by atoms with E-state index in [4.69, 9.17) is 39.5 Å². The molecule has 7 nitrogen and oxygen atoms in total. The van der Waals surface area contributed by atoms with Crippen molar-refractivity contribution >= 4 is 34.8 Å². The van der Waals surface area contributed by atoms with Crippen LogP contribution in [0.15, 0.2) is 66.9 Å². The molecular weight excluding hydrogens is 538 g/mol. The summed E-state index contributed by atoms with van der Waals surface area (Å²) < 4.78 is 21.8. The fraction of sp³-hybridized carbons (Fsp3) is 0.154. The fourth-order valence-electron chi connectivity index (χ4n) is 4.03. The summed E-state index contributed by atoms with van der Waals surface area (Å²) in [6, 6.07) is 17.0. The third-order valence-corrected chi connectivity index (χ3v) is 7.13. The van der Waals surface area contributed by atoms with Crippen LogP contribution in [-0.2, 0) is 12.0 Å². The lowest BCUT2D eigenvalue weighted by Gasteiger charge is -2.28. The third kappa shape index (κ3) is 5.05. The molecule has 1 N–H and O–H groups in total. The van der Waals surface area contributed by atoms with E-state index in [-0.39, 0.29) is 12.4 Å². The number of hydrogen-bond donors (Lipinski definition) is 1. The minimum Gasteiger partial charge on any atom is -0.484 e. The van der Waals surface area contributed by atoms with Crippen LogP contribution in [0.4, 0.5) is 4.39 Å². The number of nitrogens with zero attached hydrogens (tertiary/aromatic N) is 5. The molecule has 2 aromatic heterocycles. The molecule has 0 unspecified atom stereocenters. The van der Waals surface area contributed by atoms with E-state index in [2.05, 4.69) is 39.5 Å². The number of tetrazole rings is 1. The van der Waals surface area contributed by atoms with Gasteiger partial charge in [-0.2, -0.15) is 5.21 Å². The van der Waals surface area contributed by atoms with Crippen molar-refractivity contribution in [2.45, 2.75) is 25.9 Å². The number of hydrogen-bond acceptors (Lipinski definition) is 5. The lowest BCUT2D eigenvalue weighted by atomic mass is 9.81. The molecule has 11 heteroatoms. The summed E-state index contributed by atoms with van der Waals surface area (Å²) in [6.45, 7) is 4.22. The van der Waals surface area contributed by atoms with Crippen LogP contribution in [0, 0.1) is 5.82 Å². The maximum Gasteiger partial charge on any atom is 0.204 e. The van der Waals surface area contributed by atoms with Crippen LogP contribution < -0.4 is 4.74 Å². The highest BCUT2D eigenvalue weighted by Crippen LogP contribution is 2.37. The van der Waals surface area contributed by atoms with Gasteiger partial charge in [-0.1, -0.05) is 54.7 Å². The van der Waals surface area contributed by atoms with Crippen LogP contribution in [0.2, 0.25) is 15.1 Å². The Hall–Kier alpha value is -3.46. The first kappa shape index (κ1) is 25.2. The predicted molar refractivity (Wildman–Crippen MR) is 141 cm³/mol. The molecule has 0 spiro atoms. The molecule has 0 bridgehead atoms. The molecule has 5 aromatic rings. The molecule has 0 atom stereocenters. The molecule has 0 amide bonds. The topological polar surface area (TPSA) is 81.5 Å². The minimum absolute atomic E-state index is 0.107. The summed E-state index contributed by atoms with van der Waals surface area (Å²) >= 11 is 18.9. The van der Waals surface area contributed by atoms with Gasteiger partial charge in [0.25, 0.3) is 0 Å². The number of rotatable bonds is 7. The Kier molecular flexibility index (Phi) is 6.90. The van der Waals surface area contributed by atoms with Crippen LogP contribution in [0.3, 0.4) is 0 Å². The highest BCUT2D eigenvalue weighted by Gasteiger charge is 2.30. The molecule has 0 fully saturated rings. The van der Waals surface area contributed by atoms with Gasteiger partial charge in [0.15, 0.2) is 5.82 Å². The fourth-order valence-corrected chi connectivity index (χ4v) is 4.56. The molecule has 0 aliphatic rings.